The highest BCUT2D eigenvalue weighted by molar-refractivity contribution is 6.30. The molecular weight excluding hydrogens is 416 g/mol. The molecule has 31 heavy (non-hydrogen) atoms. The first-order valence-electron chi connectivity index (χ1n) is 9.66. The summed E-state index contributed by atoms with van der Waals surface area (Å²) < 4.78 is 5.17. The van der Waals surface area contributed by atoms with Crippen LogP contribution >= 0.6 is 11.6 Å². The Hall–Kier alpha value is -3.45. The lowest BCUT2D eigenvalue weighted by molar-refractivity contribution is -0.153. The number of nitrogens with zero attached hydrogens (tertiary/aromatic N) is 2. The molecule has 0 spiro atoms. The summed E-state index contributed by atoms with van der Waals surface area (Å²) >= 11 is 5.94. The first-order chi connectivity index (χ1) is 14.7. The minimum atomic E-state index is -0.595. The molecule has 160 valence electrons. The van der Waals surface area contributed by atoms with Crippen LogP contribution in [-0.2, 0) is 9.53 Å². The van der Waals surface area contributed by atoms with E-state index in [1.807, 2.05) is 18.2 Å². The minimum absolute atomic E-state index is 0.193. The Morgan fingerprint density at radius 1 is 1.00 bits per heavy atom. The fourth-order valence-corrected chi connectivity index (χ4v) is 2.79. The molecule has 2 aromatic carbocycles. The van der Waals surface area contributed by atoms with Gasteiger partial charge in [0.2, 0.25) is 5.95 Å². The van der Waals surface area contributed by atoms with Gasteiger partial charge in [-0.3, -0.25) is 9.59 Å². The second-order valence-corrected chi connectivity index (χ2v) is 8.18. The lowest BCUT2D eigenvalue weighted by atomic mass is 10.1. The van der Waals surface area contributed by atoms with Crippen LogP contribution in [0.3, 0.4) is 0 Å². The summed E-state index contributed by atoms with van der Waals surface area (Å²) in [5, 5.41) is 6.32. The number of halogens is 1. The van der Waals surface area contributed by atoms with Crippen LogP contribution in [0.4, 0.5) is 11.6 Å². The van der Waals surface area contributed by atoms with Crippen molar-refractivity contribution in [3.05, 3.63) is 71.4 Å². The Labute approximate surface area is 185 Å². The normalized spacial score (nSPS) is 11.0. The summed E-state index contributed by atoms with van der Waals surface area (Å²) in [6.45, 7) is 5.12. The Bertz CT molecular complexity index is 1060. The van der Waals surface area contributed by atoms with Crippen LogP contribution < -0.4 is 10.6 Å². The molecule has 2 N–H and O–H groups in total. The van der Waals surface area contributed by atoms with E-state index in [9.17, 15) is 9.59 Å². The van der Waals surface area contributed by atoms with E-state index in [4.69, 9.17) is 16.3 Å². The van der Waals surface area contributed by atoms with E-state index in [1.165, 1.54) is 0 Å². The molecule has 3 aromatic rings. The first-order valence-corrected chi connectivity index (χ1v) is 10.0. The monoisotopic (exact) mass is 438 g/mol. The van der Waals surface area contributed by atoms with E-state index in [1.54, 1.807) is 63.4 Å². The number of anilines is 2. The van der Waals surface area contributed by atoms with Crippen molar-refractivity contribution in [1.29, 1.82) is 0 Å². The highest BCUT2D eigenvalue weighted by atomic mass is 35.5. The largest absolute Gasteiger partial charge is 0.459 e. The molecule has 0 aliphatic carbocycles. The van der Waals surface area contributed by atoms with E-state index in [0.717, 1.165) is 16.9 Å². The third kappa shape index (κ3) is 6.79. The predicted octanol–water partition coefficient (Wildman–Crippen LogP) is 4.61. The van der Waals surface area contributed by atoms with Crippen LogP contribution in [-0.4, -0.2) is 34.0 Å². The zero-order valence-electron chi connectivity index (χ0n) is 17.5. The average molecular weight is 439 g/mol. The van der Waals surface area contributed by atoms with Crippen LogP contribution in [0.5, 0.6) is 0 Å². The van der Waals surface area contributed by atoms with Gasteiger partial charge < -0.3 is 15.4 Å². The Kier molecular flexibility index (Phi) is 6.87. The van der Waals surface area contributed by atoms with Crippen molar-refractivity contribution >= 4 is 35.1 Å². The van der Waals surface area contributed by atoms with E-state index >= 15 is 0 Å². The first kappa shape index (κ1) is 22.2. The average Bonchev–Trinajstić information content (AvgIpc) is 2.72. The van der Waals surface area contributed by atoms with Crippen molar-refractivity contribution in [3.8, 4) is 11.3 Å². The quantitative estimate of drug-likeness (QED) is 0.546. The van der Waals surface area contributed by atoms with Gasteiger partial charge in [0, 0.05) is 28.0 Å². The van der Waals surface area contributed by atoms with Crippen LogP contribution in [0.25, 0.3) is 11.3 Å². The molecule has 1 amide bonds. The number of rotatable bonds is 6. The minimum Gasteiger partial charge on any atom is -0.459 e. The lowest BCUT2D eigenvalue weighted by Crippen LogP contribution is -2.34. The van der Waals surface area contributed by atoms with Gasteiger partial charge in [-0.2, -0.15) is 0 Å². The number of aromatic nitrogens is 2. The molecule has 1 heterocycles. The number of hydrogen-bond acceptors (Lipinski definition) is 6. The van der Waals surface area contributed by atoms with Crippen molar-refractivity contribution in [1.82, 2.24) is 15.3 Å². The number of hydrogen-bond donors (Lipinski definition) is 2. The van der Waals surface area contributed by atoms with Gasteiger partial charge >= 0.3 is 5.97 Å². The number of esters is 1. The summed E-state index contributed by atoms with van der Waals surface area (Å²) in [5.41, 5.74) is 2.23. The van der Waals surface area contributed by atoms with Gasteiger partial charge in [-0.25, -0.2) is 9.97 Å². The molecular formula is C23H23ClN4O3. The Morgan fingerprint density at radius 2 is 1.68 bits per heavy atom. The van der Waals surface area contributed by atoms with Gasteiger partial charge in [0.25, 0.3) is 5.91 Å². The second-order valence-electron chi connectivity index (χ2n) is 7.74. The third-order valence-electron chi connectivity index (χ3n) is 4.01. The van der Waals surface area contributed by atoms with Gasteiger partial charge in [-0.1, -0.05) is 23.7 Å². The van der Waals surface area contributed by atoms with Gasteiger partial charge in [0.15, 0.2) is 0 Å². The molecule has 1 aromatic heterocycles. The highest BCUT2D eigenvalue weighted by Crippen LogP contribution is 2.21. The maximum Gasteiger partial charge on any atom is 0.325 e. The molecule has 0 aliphatic rings. The Balaban J connectivity index is 1.60. The van der Waals surface area contributed by atoms with Crippen molar-refractivity contribution < 1.29 is 14.3 Å². The summed E-state index contributed by atoms with van der Waals surface area (Å²) in [5.74, 6) is -0.426. The zero-order chi connectivity index (χ0) is 22.4. The topological polar surface area (TPSA) is 93.2 Å². The van der Waals surface area contributed by atoms with Gasteiger partial charge in [0.05, 0.1) is 5.69 Å². The van der Waals surface area contributed by atoms with Crippen LogP contribution in [0.2, 0.25) is 5.02 Å². The number of carbonyl (C=O) groups excluding carboxylic acids is 2. The summed E-state index contributed by atoms with van der Waals surface area (Å²) in [4.78, 5) is 32.7. The fraction of sp³-hybridized carbons (Fsp3) is 0.217. The number of carbonyl (C=O) groups is 2. The molecule has 0 saturated heterocycles. The maximum absolute atomic E-state index is 12.2. The maximum atomic E-state index is 12.2. The van der Waals surface area contributed by atoms with E-state index in [0.29, 0.717) is 16.5 Å². The smallest absolute Gasteiger partial charge is 0.325 e. The molecule has 8 heteroatoms. The van der Waals surface area contributed by atoms with Crippen molar-refractivity contribution in [3.63, 3.8) is 0 Å². The summed E-state index contributed by atoms with van der Waals surface area (Å²) in [7, 11) is 0. The highest BCUT2D eigenvalue weighted by Gasteiger charge is 2.17. The van der Waals surface area contributed by atoms with Crippen LogP contribution in [0.1, 0.15) is 31.1 Å². The summed E-state index contributed by atoms with van der Waals surface area (Å²) in [6, 6.07) is 16.0. The van der Waals surface area contributed by atoms with Crippen molar-refractivity contribution in [2.24, 2.45) is 0 Å². The number of ether oxygens (including phenoxy) is 1. The van der Waals surface area contributed by atoms with Crippen LogP contribution in [0.15, 0.2) is 60.8 Å². The zero-order valence-corrected chi connectivity index (χ0v) is 18.2. The van der Waals surface area contributed by atoms with Crippen molar-refractivity contribution in [2.75, 3.05) is 11.9 Å². The molecule has 0 radical (unpaired) electrons. The van der Waals surface area contributed by atoms with Crippen LogP contribution in [0, 0.1) is 0 Å². The second kappa shape index (κ2) is 9.57. The number of amides is 1. The van der Waals surface area contributed by atoms with E-state index in [-0.39, 0.29) is 12.5 Å². The molecule has 0 bridgehead atoms. The molecule has 7 nitrogen and oxygen atoms in total. The molecule has 0 unspecified atom stereocenters. The predicted molar refractivity (Wildman–Crippen MR) is 120 cm³/mol. The summed E-state index contributed by atoms with van der Waals surface area (Å²) in [6.07, 6.45) is 1.66. The number of nitrogens with one attached hydrogen (secondary N) is 2. The van der Waals surface area contributed by atoms with E-state index in [2.05, 4.69) is 20.6 Å². The van der Waals surface area contributed by atoms with E-state index < -0.39 is 11.6 Å². The Morgan fingerprint density at radius 3 is 2.32 bits per heavy atom. The fourth-order valence-electron chi connectivity index (χ4n) is 2.67. The molecule has 0 atom stereocenters. The van der Waals surface area contributed by atoms with Crippen molar-refractivity contribution in [2.45, 2.75) is 26.4 Å². The molecule has 0 fully saturated rings. The van der Waals surface area contributed by atoms with Gasteiger partial charge in [-0.05, 0) is 63.2 Å². The van der Waals surface area contributed by atoms with Gasteiger partial charge in [-0.15, -0.1) is 0 Å². The molecule has 0 saturated carbocycles. The molecule has 3 rings (SSSR count). The van der Waals surface area contributed by atoms with Gasteiger partial charge in [0.1, 0.15) is 12.1 Å². The number of benzene rings is 2. The standard InChI is InChI=1S/C23H23ClN4O3/c1-23(2,3)31-20(29)14-26-21(30)16-6-10-18(11-7-16)27-22-25-13-12-19(28-22)15-4-8-17(24)9-5-15/h4-13H,14H2,1-3H3,(H,26,30)(H,25,27,28). The SMILES string of the molecule is CC(C)(C)OC(=O)CNC(=O)c1ccc(Nc2nccc(-c3ccc(Cl)cc3)n2)cc1. The lowest BCUT2D eigenvalue weighted by Gasteiger charge is -2.19. The molecule has 0 aliphatic heterocycles. The third-order valence-corrected chi connectivity index (χ3v) is 4.26.